The molecule has 0 aliphatic rings. The van der Waals surface area contributed by atoms with Gasteiger partial charge in [-0.05, 0) is 25.8 Å². The summed E-state index contributed by atoms with van der Waals surface area (Å²) >= 11 is 1.30. The Morgan fingerprint density at radius 3 is 2.64 bits per heavy atom. The highest BCUT2D eigenvalue weighted by Gasteiger charge is 2.25. The quantitative estimate of drug-likeness (QED) is 0.737. The summed E-state index contributed by atoms with van der Waals surface area (Å²) in [6, 6.07) is 6.90. The van der Waals surface area contributed by atoms with Crippen LogP contribution in [0, 0.1) is 12.8 Å². The highest BCUT2D eigenvalue weighted by atomic mass is 32.1. The van der Waals surface area contributed by atoms with Gasteiger partial charge < -0.3 is 10.6 Å². The number of anilines is 1. The second-order valence-electron chi connectivity index (χ2n) is 6.00. The van der Waals surface area contributed by atoms with Crippen molar-refractivity contribution in [1.29, 1.82) is 0 Å². The molecule has 8 heteroatoms. The lowest BCUT2D eigenvalue weighted by atomic mass is 10.0. The highest BCUT2D eigenvalue weighted by Crippen LogP contribution is 2.27. The van der Waals surface area contributed by atoms with E-state index >= 15 is 0 Å². The molecule has 1 aromatic heterocycles. The molecule has 0 aliphatic carbocycles. The highest BCUT2D eigenvalue weighted by molar-refractivity contribution is 7.18. The first-order valence-electron chi connectivity index (χ1n) is 8.16. The maximum atomic E-state index is 12.5. The number of hydrogen-bond acceptors (Lipinski definition) is 5. The van der Waals surface area contributed by atoms with Crippen molar-refractivity contribution >= 4 is 28.4 Å². The standard InChI is InChI=1S/C17H23N5O2S/c1-5-18-16(24)19-13(10(2)3)14(23)20-17-22-21-15(25-17)12-8-6-7-11(4)9-12/h6-10,13H,5H2,1-4H3,(H2,18,19,24)(H,20,22,23)/t13-/m1/s1. The molecule has 0 aliphatic heterocycles. The molecular weight excluding hydrogens is 338 g/mol. The van der Waals surface area contributed by atoms with Crippen molar-refractivity contribution < 1.29 is 9.59 Å². The minimum absolute atomic E-state index is 0.0632. The normalized spacial score (nSPS) is 11.9. The van der Waals surface area contributed by atoms with E-state index in [9.17, 15) is 9.59 Å². The van der Waals surface area contributed by atoms with Crippen molar-refractivity contribution in [1.82, 2.24) is 20.8 Å². The zero-order chi connectivity index (χ0) is 18.4. The maximum absolute atomic E-state index is 12.5. The molecule has 1 aromatic carbocycles. The van der Waals surface area contributed by atoms with E-state index in [1.54, 1.807) is 0 Å². The van der Waals surface area contributed by atoms with Gasteiger partial charge in [0.1, 0.15) is 11.0 Å². The van der Waals surface area contributed by atoms with E-state index in [1.807, 2.05) is 52.0 Å². The average Bonchev–Trinajstić information content (AvgIpc) is 3.01. The van der Waals surface area contributed by atoms with E-state index < -0.39 is 6.04 Å². The summed E-state index contributed by atoms with van der Waals surface area (Å²) in [5.74, 6) is -0.375. The Morgan fingerprint density at radius 2 is 2.00 bits per heavy atom. The molecule has 1 atom stereocenters. The molecule has 3 N–H and O–H groups in total. The van der Waals surface area contributed by atoms with Crippen LogP contribution in [0.5, 0.6) is 0 Å². The molecule has 0 saturated carbocycles. The van der Waals surface area contributed by atoms with Crippen LogP contribution in [0.15, 0.2) is 24.3 Å². The van der Waals surface area contributed by atoms with Gasteiger partial charge in [0.25, 0.3) is 0 Å². The van der Waals surface area contributed by atoms with Crippen molar-refractivity contribution in [3.8, 4) is 10.6 Å². The molecule has 1 heterocycles. The van der Waals surface area contributed by atoms with Gasteiger partial charge in [-0.25, -0.2) is 4.79 Å². The number of carbonyl (C=O) groups is 2. The average molecular weight is 361 g/mol. The SMILES string of the molecule is CCNC(=O)N[C@@H](C(=O)Nc1nnc(-c2cccc(C)c2)s1)C(C)C. The number of aromatic nitrogens is 2. The van der Waals surface area contributed by atoms with Gasteiger partial charge in [-0.2, -0.15) is 0 Å². The summed E-state index contributed by atoms with van der Waals surface area (Å²) in [7, 11) is 0. The monoisotopic (exact) mass is 361 g/mol. The van der Waals surface area contributed by atoms with Gasteiger partial charge in [-0.3, -0.25) is 10.1 Å². The van der Waals surface area contributed by atoms with Crippen LogP contribution in [0.4, 0.5) is 9.93 Å². The van der Waals surface area contributed by atoms with Crippen molar-refractivity contribution in [2.75, 3.05) is 11.9 Å². The Balaban J connectivity index is 2.07. The van der Waals surface area contributed by atoms with E-state index in [1.165, 1.54) is 11.3 Å². The Morgan fingerprint density at radius 1 is 1.24 bits per heavy atom. The maximum Gasteiger partial charge on any atom is 0.315 e. The van der Waals surface area contributed by atoms with Crippen LogP contribution < -0.4 is 16.0 Å². The van der Waals surface area contributed by atoms with Crippen LogP contribution in [-0.4, -0.2) is 34.7 Å². The number of nitrogens with zero attached hydrogens (tertiary/aromatic N) is 2. The molecular formula is C17H23N5O2S. The molecule has 3 amide bonds. The first-order chi connectivity index (χ1) is 11.9. The summed E-state index contributed by atoms with van der Waals surface area (Å²) in [6.07, 6.45) is 0. The fourth-order valence-electron chi connectivity index (χ4n) is 2.24. The van der Waals surface area contributed by atoms with Crippen molar-refractivity contribution in [3.63, 3.8) is 0 Å². The predicted molar refractivity (Wildman–Crippen MR) is 99.5 cm³/mol. The fourth-order valence-corrected chi connectivity index (χ4v) is 2.98. The molecule has 2 rings (SSSR count). The Labute approximate surface area is 151 Å². The fraction of sp³-hybridized carbons (Fsp3) is 0.412. The van der Waals surface area contributed by atoms with Crippen LogP contribution in [0.2, 0.25) is 0 Å². The second-order valence-corrected chi connectivity index (χ2v) is 6.97. The zero-order valence-electron chi connectivity index (χ0n) is 14.8. The van der Waals surface area contributed by atoms with E-state index in [-0.39, 0.29) is 17.9 Å². The van der Waals surface area contributed by atoms with Gasteiger partial charge in [0.15, 0.2) is 0 Å². The third-order valence-electron chi connectivity index (χ3n) is 3.49. The number of nitrogens with one attached hydrogen (secondary N) is 3. The molecule has 7 nitrogen and oxygen atoms in total. The smallest absolute Gasteiger partial charge is 0.315 e. The summed E-state index contributed by atoms with van der Waals surface area (Å²) in [4.78, 5) is 24.2. The summed E-state index contributed by atoms with van der Waals surface area (Å²) in [5, 5.41) is 17.3. The van der Waals surface area contributed by atoms with Gasteiger partial charge >= 0.3 is 6.03 Å². The summed E-state index contributed by atoms with van der Waals surface area (Å²) < 4.78 is 0. The van der Waals surface area contributed by atoms with Gasteiger partial charge in [0.2, 0.25) is 11.0 Å². The number of rotatable bonds is 6. The van der Waals surface area contributed by atoms with Gasteiger partial charge in [-0.1, -0.05) is 48.9 Å². The number of urea groups is 1. The lowest BCUT2D eigenvalue weighted by Gasteiger charge is -2.20. The number of carbonyl (C=O) groups excluding carboxylic acids is 2. The zero-order valence-corrected chi connectivity index (χ0v) is 15.6. The number of benzene rings is 1. The molecule has 0 unspecified atom stereocenters. The number of hydrogen-bond donors (Lipinski definition) is 3. The topological polar surface area (TPSA) is 96.0 Å². The summed E-state index contributed by atoms with van der Waals surface area (Å²) in [6.45, 7) is 8.06. The minimum Gasteiger partial charge on any atom is -0.338 e. The van der Waals surface area contributed by atoms with Crippen molar-refractivity contribution in [2.24, 2.45) is 5.92 Å². The van der Waals surface area contributed by atoms with Gasteiger partial charge in [0.05, 0.1) is 0 Å². The summed E-state index contributed by atoms with van der Waals surface area (Å²) in [5.41, 5.74) is 2.09. The third kappa shape index (κ3) is 5.25. The lowest BCUT2D eigenvalue weighted by molar-refractivity contribution is -0.118. The van der Waals surface area contributed by atoms with E-state index in [4.69, 9.17) is 0 Å². The van der Waals surface area contributed by atoms with E-state index in [0.29, 0.717) is 11.7 Å². The minimum atomic E-state index is -0.655. The molecule has 134 valence electrons. The Kier molecular flexibility index (Phi) is 6.46. The van der Waals surface area contributed by atoms with Crippen molar-refractivity contribution in [3.05, 3.63) is 29.8 Å². The van der Waals surface area contributed by atoms with E-state index in [0.717, 1.165) is 16.1 Å². The molecule has 25 heavy (non-hydrogen) atoms. The Hall–Kier alpha value is -2.48. The largest absolute Gasteiger partial charge is 0.338 e. The van der Waals surface area contributed by atoms with E-state index in [2.05, 4.69) is 26.1 Å². The van der Waals surface area contributed by atoms with Crippen LogP contribution in [0.1, 0.15) is 26.3 Å². The molecule has 2 aromatic rings. The number of amides is 3. The van der Waals surface area contributed by atoms with Gasteiger partial charge in [-0.15, -0.1) is 10.2 Å². The third-order valence-corrected chi connectivity index (χ3v) is 4.38. The number of aryl methyl sites for hydroxylation is 1. The molecule has 0 bridgehead atoms. The lowest BCUT2D eigenvalue weighted by Crippen LogP contribution is -2.50. The van der Waals surface area contributed by atoms with Crippen LogP contribution in [0.3, 0.4) is 0 Å². The van der Waals surface area contributed by atoms with Crippen LogP contribution in [-0.2, 0) is 4.79 Å². The molecule has 0 saturated heterocycles. The first kappa shape index (κ1) is 18.9. The predicted octanol–water partition coefficient (Wildman–Crippen LogP) is 2.80. The van der Waals surface area contributed by atoms with Crippen LogP contribution >= 0.6 is 11.3 Å². The van der Waals surface area contributed by atoms with Gasteiger partial charge in [0, 0.05) is 12.1 Å². The molecule has 0 spiro atoms. The van der Waals surface area contributed by atoms with Crippen LogP contribution in [0.25, 0.3) is 10.6 Å². The Bertz CT molecular complexity index is 744. The first-order valence-corrected chi connectivity index (χ1v) is 8.98. The molecule has 0 radical (unpaired) electrons. The molecule has 0 fully saturated rings. The van der Waals surface area contributed by atoms with Crippen molar-refractivity contribution in [2.45, 2.75) is 33.7 Å². The second kappa shape index (κ2) is 8.57.